The molecule has 0 bridgehead atoms. The average Bonchev–Trinajstić information content (AvgIpc) is 2.80. The molecular weight excluding hydrogens is 374 g/mol. The van der Waals surface area contributed by atoms with Crippen LogP contribution in [-0.2, 0) is 0 Å². The van der Waals surface area contributed by atoms with Crippen molar-refractivity contribution in [2.45, 2.75) is 58.8 Å². The van der Waals surface area contributed by atoms with Gasteiger partial charge in [-0.25, -0.2) is 8.78 Å². The first kappa shape index (κ1) is 22.2. The Kier molecular flexibility index (Phi) is 8.19. The summed E-state index contributed by atoms with van der Waals surface area (Å²) in [6, 6.07) is 14.1. The van der Waals surface area contributed by atoms with Crippen LogP contribution in [0.1, 0.15) is 81.0 Å². The maximum absolute atomic E-state index is 14.7. The average molecular weight is 407 g/mol. The Morgan fingerprint density at radius 1 is 0.900 bits per heavy atom. The monoisotopic (exact) mass is 406 g/mol. The summed E-state index contributed by atoms with van der Waals surface area (Å²) in [5.74, 6) is -0.830. The summed E-state index contributed by atoms with van der Waals surface area (Å²) in [5, 5.41) is 0. The number of allylic oxidation sites excluding steroid dienone is 3. The van der Waals surface area contributed by atoms with Crippen molar-refractivity contribution in [3.63, 3.8) is 0 Å². The van der Waals surface area contributed by atoms with Crippen LogP contribution in [0.3, 0.4) is 0 Å². The van der Waals surface area contributed by atoms with Gasteiger partial charge in [0.25, 0.3) is 0 Å². The van der Waals surface area contributed by atoms with E-state index in [1.165, 1.54) is 24.8 Å². The highest BCUT2D eigenvalue weighted by atomic mass is 19.2. The second-order valence-electron chi connectivity index (χ2n) is 8.18. The van der Waals surface area contributed by atoms with Gasteiger partial charge in [-0.15, -0.1) is 0 Å². The lowest BCUT2D eigenvalue weighted by Gasteiger charge is -2.21. The summed E-state index contributed by atoms with van der Waals surface area (Å²) in [7, 11) is 0. The minimum atomic E-state index is -0.814. The van der Waals surface area contributed by atoms with E-state index in [-0.39, 0.29) is 11.1 Å². The van der Waals surface area contributed by atoms with E-state index in [1.54, 1.807) is 24.3 Å². The number of halogens is 2. The first-order chi connectivity index (χ1) is 14.6. The summed E-state index contributed by atoms with van der Waals surface area (Å²) in [6.45, 7) is 4.36. The van der Waals surface area contributed by atoms with Gasteiger partial charge >= 0.3 is 0 Å². The molecule has 30 heavy (non-hydrogen) atoms. The van der Waals surface area contributed by atoms with Crippen LogP contribution in [-0.4, -0.2) is 0 Å². The Bertz CT molecular complexity index is 899. The number of rotatable bonds is 8. The highest BCUT2D eigenvalue weighted by molar-refractivity contribution is 5.83. The summed E-state index contributed by atoms with van der Waals surface area (Å²) in [6.07, 6.45) is 14.4. The molecule has 0 fully saturated rings. The Morgan fingerprint density at radius 2 is 1.53 bits per heavy atom. The van der Waals surface area contributed by atoms with E-state index in [0.717, 1.165) is 42.7 Å². The largest absolute Gasteiger partial charge is 0.203 e. The van der Waals surface area contributed by atoms with E-state index in [4.69, 9.17) is 0 Å². The van der Waals surface area contributed by atoms with Crippen LogP contribution in [0.15, 0.2) is 60.7 Å². The molecule has 0 saturated carbocycles. The standard InChI is InChI=1S/C28H32F2/c1-3-5-6-8-22-11-15-25(16-12-22)27(29)28(30)26-19-17-24(18-20-26)23-13-9-21(7-4-2)10-14-23/h6,8,11-13,15-21H,3-5,7,9-10,14H2,1-2H3/b8-6+,28-27-. The fraction of sp³-hybridized carbons (Fsp3) is 0.357. The maximum Gasteiger partial charge on any atom is 0.166 e. The van der Waals surface area contributed by atoms with Gasteiger partial charge in [-0.05, 0) is 48.3 Å². The van der Waals surface area contributed by atoms with Crippen molar-refractivity contribution in [2.75, 3.05) is 0 Å². The Morgan fingerprint density at radius 3 is 2.07 bits per heavy atom. The lowest BCUT2D eigenvalue weighted by Crippen LogP contribution is -2.05. The van der Waals surface area contributed by atoms with Crippen molar-refractivity contribution < 1.29 is 8.78 Å². The highest BCUT2D eigenvalue weighted by Crippen LogP contribution is 2.34. The molecule has 0 heterocycles. The second kappa shape index (κ2) is 11.1. The van der Waals surface area contributed by atoms with Crippen molar-refractivity contribution in [3.8, 4) is 0 Å². The third kappa shape index (κ3) is 5.78. The molecule has 0 aromatic heterocycles. The number of benzene rings is 2. The fourth-order valence-electron chi connectivity index (χ4n) is 4.03. The molecule has 1 unspecified atom stereocenters. The van der Waals surface area contributed by atoms with Gasteiger partial charge in [-0.3, -0.25) is 0 Å². The molecule has 158 valence electrons. The molecule has 0 nitrogen and oxygen atoms in total. The zero-order valence-corrected chi connectivity index (χ0v) is 18.1. The predicted octanol–water partition coefficient (Wildman–Crippen LogP) is 9.25. The minimum Gasteiger partial charge on any atom is -0.203 e. The van der Waals surface area contributed by atoms with Crippen LogP contribution in [0, 0.1) is 5.92 Å². The van der Waals surface area contributed by atoms with Crippen LogP contribution in [0.5, 0.6) is 0 Å². The van der Waals surface area contributed by atoms with Crippen LogP contribution in [0.2, 0.25) is 0 Å². The van der Waals surface area contributed by atoms with Crippen molar-refractivity contribution in [3.05, 3.63) is 82.9 Å². The molecule has 0 radical (unpaired) electrons. The second-order valence-corrected chi connectivity index (χ2v) is 8.18. The van der Waals surface area contributed by atoms with Gasteiger partial charge in [0.15, 0.2) is 11.7 Å². The van der Waals surface area contributed by atoms with Gasteiger partial charge in [-0.2, -0.15) is 0 Å². The van der Waals surface area contributed by atoms with Gasteiger partial charge in [0.2, 0.25) is 0 Å². The van der Waals surface area contributed by atoms with E-state index in [2.05, 4.69) is 26.0 Å². The molecule has 2 heteroatoms. The number of unbranched alkanes of at least 4 members (excludes halogenated alkanes) is 1. The van der Waals surface area contributed by atoms with Crippen LogP contribution < -0.4 is 0 Å². The first-order valence-corrected chi connectivity index (χ1v) is 11.2. The molecule has 2 aromatic carbocycles. The zero-order valence-electron chi connectivity index (χ0n) is 18.1. The van der Waals surface area contributed by atoms with Crippen molar-refractivity contribution >= 4 is 23.3 Å². The van der Waals surface area contributed by atoms with Gasteiger partial charge in [0.1, 0.15) is 0 Å². The summed E-state index contributed by atoms with van der Waals surface area (Å²) < 4.78 is 29.4. The Balaban J connectivity index is 1.71. The van der Waals surface area contributed by atoms with Gasteiger partial charge in [0.05, 0.1) is 0 Å². The summed E-state index contributed by atoms with van der Waals surface area (Å²) in [4.78, 5) is 0. The molecule has 0 aliphatic heterocycles. The molecule has 1 atom stereocenters. The topological polar surface area (TPSA) is 0 Å². The Labute approximate surface area is 180 Å². The molecule has 0 N–H and O–H groups in total. The predicted molar refractivity (Wildman–Crippen MR) is 126 cm³/mol. The van der Waals surface area contributed by atoms with Gasteiger partial charge in [0, 0.05) is 11.1 Å². The van der Waals surface area contributed by atoms with E-state index < -0.39 is 11.7 Å². The van der Waals surface area contributed by atoms with Gasteiger partial charge in [-0.1, -0.05) is 99.9 Å². The lowest BCUT2D eigenvalue weighted by molar-refractivity contribution is 0.445. The van der Waals surface area contributed by atoms with Crippen molar-refractivity contribution in [2.24, 2.45) is 5.92 Å². The van der Waals surface area contributed by atoms with Crippen molar-refractivity contribution in [1.82, 2.24) is 0 Å². The third-order valence-electron chi connectivity index (χ3n) is 5.85. The summed E-state index contributed by atoms with van der Waals surface area (Å²) >= 11 is 0. The molecule has 2 aromatic rings. The number of hydrogen-bond acceptors (Lipinski definition) is 0. The van der Waals surface area contributed by atoms with E-state index >= 15 is 0 Å². The third-order valence-corrected chi connectivity index (χ3v) is 5.85. The molecule has 0 spiro atoms. The fourth-order valence-corrected chi connectivity index (χ4v) is 4.03. The molecule has 0 saturated heterocycles. The quantitative estimate of drug-likeness (QED) is 0.383. The molecular formula is C28H32F2. The van der Waals surface area contributed by atoms with Crippen LogP contribution in [0.25, 0.3) is 23.3 Å². The maximum atomic E-state index is 14.7. The van der Waals surface area contributed by atoms with Crippen LogP contribution in [0.4, 0.5) is 8.78 Å². The van der Waals surface area contributed by atoms with E-state index in [0.29, 0.717) is 0 Å². The minimum absolute atomic E-state index is 0.265. The highest BCUT2D eigenvalue weighted by Gasteiger charge is 2.16. The van der Waals surface area contributed by atoms with Crippen molar-refractivity contribution in [1.29, 1.82) is 0 Å². The molecule has 3 rings (SSSR count). The SMILES string of the molecule is CCC/C=C/c1ccc(/C(F)=C(/F)c2ccc(C3=CCC(CCC)CC3)cc2)cc1. The Hall–Kier alpha value is -2.48. The van der Waals surface area contributed by atoms with E-state index in [9.17, 15) is 8.78 Å². The summed E-state index contributed by atoms with van der Waals surface area (Å²) in [5.41, 5.74) is 3.98. The first-order valence-electron chi connectivity index (χ1n) is 11.2. The smallest absolute Gasteiger partial charge is 0.166 e. The zero-order chi connectivity index (χ0) is 21.3. The normalized spacial score (nSPS) is 17.7. The molecule has 1 aliphatic rings. The molecule has 1 aliphatic carbocycles. The van der Waals surface area contributed by atoms with Crippen LogP contribution >= 0.6 is 0 Å². The number of hydrogen-bond donors (Lipinski definition) is 0. The van der Waals surface area contributed by atoms with Gasteiger partial charge < -0.3 is 0 Å². The molecule has 0 amide bonds. The van der Waals surface area contributed by atoms with E-state index in [1.807, 2.05) is 30.3 Å². The lowest BCUT2D eigenvalue weighted by atomic mass is 9.84.